The SMILES string of the molecule is Cc1cc([C@@](N)(Cn2cccc(C)c2=O)C(=O)NC(=O)O[C@@H]2C[C@H](C)CC[C@H]2C(C)C)ccc1F. The first-order chi connectivity index (χ1) is 16.4. The van der Waals surface area contributed by atoms with Crippen molar-refractivity contribution in [1.82, 2.24) is 9.88 Å². The maximum Gasteiger partial charge on any atom is 0.414 e. The molecule has 0 aliphatic heterocycles. The lowest BCUT2D eigenvalue weighted by atomic mass is 9.75. The van der Waals surface area contributed by atoms with Gasteiger partial charge in [-0.1, -0.05) is 45.4 Å². The summed E-state index contributed by atoms with van der Waals surface area (Å²) >= 11 is 0. The highest BCUT2D eigenvalue weighted by Crippen LogP contribution is 2.35. The maximum atomic E-state index is 14.0. The highest BCUT2D eigenvalue weighted by atomic mass is 19.1. The molecule has 35 heavy (non-hydrogen) atoms. The number of aromatic nitrogens is 1. The van der Waals surface area contributed by atoms with Gasteiger partial charge in [-0.15, -0.1) is 0 Å². The summed E-state index contributed by atoms with van der Waals surface area (Å²) in [6.45, 7) is 9.29. The van der Waals surface area contributed by atoms with Crippen molar-refractivity contribution in [3.05, 3.63) is 69.4 Å². The average molecular weight is 486 g/mol. The van der Waals surface area contributed by atoms with Gasteiger partial charge in [-0.3, -0.25) is 14.9 Å². The summed E-state index contributed by atoms with van der Waals surface area (Å²) in [5.74, 6) is -0.315. The second-order valence-corrected chi connectivity index (χ2v) is 10.3. The lowest BCUT2D eigenvalue weighted by molar-refractivity contribution is -0.127. The Kier molecular flexibility index (Phi) is 8.15. The van der Waals surface area contributed by atoms with E-state index in [9.17, 15) is 18.8 Å². The molecule has 1 aromatic carbocycles. The van der Waals surface area contributed by atoms with Gasteiger partial charge in [0.15, 0.2) is 0 Å². The highest BCUT2D eigenvalue weighted by Gasteiger charge is 2.40. The summed E-state index contributed by atoms with van der Waals surface area (Å²) in [4.78, 5) is 38.9. The molecular weight excluding hydrogens is 449 g/mol. The number of aryl methyl sites for hydroxylation is 2. The van der Waals surface area contributed by atoms with Crippen LogP contribution in [-0.4, -0.2) is 22.7 Å². The van der Waals surface area contributed by atoms with Crippen LogP contribution < -0.4 is 16.6 Å². The van der Waals surface area contributed by atoms with Gasteiger partial charge in [0.25, 0.3) is 11.5 Å². The summed E-state index contributed by atoms with van der Waals surface area (Å²) in [6.07, 6.45) is 3.11. The number of nitrogens with two attached hydrogens (primary N) is 1. The molecule has 1 aliphatic rings. The molecule has 1 fully saturated rings. The Morgan fingerprint density at radius 3 is 2.60 bits per heavy atom. The minimum absolute atomic E-state index is 0.209. The van der Waals surface area contributed by atoms with Crippen LogP contribution in [0.15, 0.2) is 41.3 Å². The van der Waals surface area contributed by atoms with Gasteiger partial charge in [-0.2, -0.15) is 0 Å². The van der Waals surface area contributed by atoms with Crippen molar-refractivity contribution >= 4 is 12.0 Å². The minimum atomic E-state index is -1.83. The number of nitrogens with one attached hydrogen (secondary N) is 1. The normalized spacial score (nSPS) is 21.9. The van der Waals surface area contributed by atoms with Gasteiger partial charge in [-0.05, 0) is 67.7 Å². The quantitative estimate of drug-likeness (QED) is 0.639. The van der Waals surface area contributed by atoms with Gasteiger partial charge in [0, 0.05) is 11.8 Å². The number of halogens is 1. The molecule has 7 nitrogen and oxygen atoms in total. The van der Waals surface area contributed by atoms with E-state index in [-0.39, 0.29) is 29.7 Å². The van der Waals surface area contributed by atoms with Crippen LogP contribution in [0.5, 0.6) is 0 Å². The summed E-state index contributed by atoms with van der Waals surface area (Å²) in [6, 6.07) is 7.40. The highest BCUT2D eigenvalue weighted by molar-refractivity contribution is 5.98. The standard InChI is InChI=1S/C27H36FN3O4/c1-16(2)21-10-8-17(3)13-23(21)35-26(34)30-25(33)27(29,20-9-11-22(28)19(5)14-20)15-31-12-6-7-18(4)24(31)32/h6-7,9,11-12,14,16-17,21,23H,8,10,13,15,29H2,1-5H3,(H,30,33,34)/t17-,21+,23-,27+/m1/s1. The molecule has 1 aliphatic carbocycles. The van der Waals surface area contributed by atoms with Crippen LogP contribution in [0.25, 0.3) is 0 Å². The van der Waals surface area contributed by atoms with Crippen molar-refractivity contribution in [2.45, 2.75) is 72.1 Å². The number of hydrogen-bond donors (Lipinski definition) is 2. The summed E-state index contributed by atoms with van der Waals surface area (Å²) in [7, 11) is 0. The number of rotatable bonds is 6. The number of carbonyl (C=O) groups is 2. The molecule has 2 amide bonds. The van der Waals surface area contributed by atoms with Crippen LogP contribution in [0.3, 0.4) is 0 Å². The van der Waals surface area contributed by atoms with Crippen molar-refractivity contribution in [3.63, 3.8) is 0 Å². The Morgan fingerprint density at radius 2 is 1.94 bits per heavy atom. The van der Waals surface area contributed by atoms with E-state index in [0.717, 1.165) is 19.3 Å². The molecule has 2 aromatic rings. The summed E-state index contributed by atoms with van der Waals surface area (Å²) in [5.41, 5.74) is 5.52. The Labute approximate surface area is 205 Å². The molecule has 3 N–H and O–H groups in total. The van der Waals surface area contributed by atoms with Gasteiger partial charge in [0.1, 0.15) is 17.5 Å². The molecule has 0 bridgehead atoms. The zero-order chi connectivity index (χ0) is 25.9. The fourth-order valence-electron chi connectivity index (χ4n) is 4.89. The van der Waals surface area contributed by atoms with E-state index in [1.807, 2.05) is 0 Å². The Morgan fingerprint density at radius 1 is 1.23 bits per heavy atom. The second kappa shape index (κ2) is 10.7. The van der Waals surface area contributed by atoms with Gasteiger partial charge in [-0.25, -0.2) is 9.18 Å². The van der Waals surface area contributed by atoms with E-state index < -0.39 is 23.4 Å². The first-order valence-corrected chi connectivity index (χ1v) is 12.2. The fraction of sp³-hybridized carbons (Fsp3) is 0.519. The molecular formula is C27H36FN3O4. The number of hydrogen-bond acceptors (Lipinski definition) is 5. The van der Waals surface area contributed by atoms with Gasteiger partial charge < -0.3 is 15.0 Å². The minimum Gasteiger partial charge on any atom is -0.446 e. The van der Waals surface area contributed by atoms with Crippen molar-refractivity contribution in [1.29, 1.82) is 0 Å². The number of pyridine rings is 1. The van der Waals surface area contributed by atoms with E-state index in [1.54, 1.807) is 26.0 Å². The van der Waals surface area contributed by atoms with Crippen LogP contribution in [0, 0.1) is 37.4 Å². The smallest absolute Gasteiger partial charge is 0.414 e. The number of amides is 2. The molecule has 0 unspecified atom stereocenters. The lowest BCUT2D eigenvalue weighted by Gasteiger charge is -2.37. The second-order valence-electron chi connectivity index (χ2n) is 10.3. The predicted molar refractivity (Wildman–Crippen MR) is 132 cm³/mol. The van der Waals surface area contributed by atoms with E-state index in [1.165, 1.54) is 29.0 Å². The maximum absolute atomic E-state index is 14.0. The molecule has 1 saturated carbocycles. The topological polar surface area (TPSA) is 103 Å². The van der Waals surface area contributed by atoms with Crippen LogP contribution >= 0.6 is 0 Å². The van der Waals surface area contributed by atoms with Gasteiger partial charge in [0.2, 0.25) is 0 Å². The molecule has 8 heteroatoms. The van der Waals surface area contributed by atoms with Crippen molar-refractivity contribution in [2.75, 3.05) is 0 Å². The zero-order valence-corrected chi connectivity index (χ0v) is 21.1. The van der Waals surface area contributed by atoms with E-state index in [2.05, 4.69) is 26.1 Å². The van der Waals surface area contributed by atoms with Crippen LogP contribution in [0.2, 0.25) is 0 Å². The molecule has 3 rings (SSSR count). The third-order valence-electron chi connectivity index (χ3n) is 7.14. The summed E-state index contributed by atoms with van der Waals surface area (Å²) < 4.78 is 21.0. The monoisotopic (exact) mass is 485 g/mol. The molecule has 190 valence electrons. The molecule has 1 aromatic heterocycles. The van der Waals surface area contributed by atoms with Gasteiger partial charge >= 0.3 is 6.09 Å². The Bertz CT molecular complexity index is 1150. The van der Waals surface area contributed by atoms with Crippen LogP contribution in [0.1, 0.15) is 56.7 Å². The van der Waals surface area contributed by atoms with Crippen LogP contribution in [-0.2, 0) is 21.6 Å². The molecule has 4 atom stereocenters. The molecule has 0 radical (unpaired) electrons. The van der Waals surface area contributed by atoms with Crippen molar-refractivity contribution < 1.29 is 18.7 Å². The molecule has 0 saturated heterocycles. The Balaban J connectivity index is 1.88. The first kappa shape index (κ1) is 26.6. The number of nitrogens with zero attached hydrogens (tertiary/aromatic N) is 1. The first-order valence-electron chi connectivity index (χ1n) is 12.2. The number of ether oxygens (including phenoxy) is 1. The molecule has 0 spiro atoms. The van der Waals surface area contributed by atoms with Crippen molar-refractivity contribution in [3.8, 4) is 0 Å². The van der Waals surface area contributed by atoms with Gasteiger partial charge in [0.05, 0.1) is 6.54 Å². The van der Waals surface area contributed by atoms with Crippen LogP contribution in [0.4, 0.5) is 9.18 Å². The van der Waals surface area contributed by atoms with E-state index >= 15 is 0 Å². The molecule has 1 heterocycles. The predicted octanol–water partition coefficient (Wildman–Crippen LogP) is 4.17. The number of imide groups is 1. The third kappa shape index (κ3) is 5.99. The number of carbonyl (C=O) groups excluding carboxylic acids is 2. The largest absolute Gasteiger partial charge is 0.446 e. The average Bonchev–Trinajstić information content (AvgIpc) is 2.78. The summed E-state index contributed by atoms with van der Waals surface area (Å²) in [5, 5.41) is 2.29. The lowest BCUT2D eigenvalue weighted by Crippen LogP contribution is -2.56. The number of benzene rings is 1. The Hall–Kier alpha value is -3.00. The van der Waals surface area contributed by atoms with Crippen molar-refractivity contribution in [2.24, 2.45) is 23.5 Å². The third-order valence-corrected chi connectivity index (χ3v) is 7.14. The fourth-order valence-corrected chi connectivity index (χ4v) is 4.89. The zero-order valence-electron chi connectivity index (χ0n) is 21.1. The number of alkyl carbamates (subject to hydrolysis) is 1. The van der Waals surface area contributed by atoms with E-state index in [0.29, 0.717) is 23.0 Å². The van der Waals surface area contributed by atoms with E-state index in [4.69, 9.17) is 10.5 Å².